The number of carbonyl (C=O) groups excluding carboxylic acids is 2. The highest BCUT2D eigenvalue weighted by Crippen LogP contribution is 2.24. The molecule has 3 aromatic carbocycles. The first-order valence-corrected chi connectivity index (χ1v) is 15.2. The number of rotatable bonds is 13. The molecule has 0 saturated heterocycles. The van der Waals surface area contributed by atoms with E-state index in [-0.39, 0.29) is 30.6 Å². The van der Waals surface area contributed by atoms with Crippen molar-refractivity contribution < 1.29 is 22.7 Å². The molecule has 0 heterocycles. The summed E-state index contributed by atoms with van der Waals surface area (Å²) in [5.41, 5.74) is 1.85. The summed E-state index contributed by atoms with van der Waals surface area (Å²) >= 11 is 6.24. The van der Waals surface area contributed by atoms with Crippen molar-refractivity contribution in [2.24, 2.45) is 0 Å². The highest BCUT2D eigenvalue weighted by atomic mass is 35.5. The van der Waals surface area contributed by atoms with Crippen LogP contribution in [0.3, 0.4) is 0 Å². The molecule has 0 fully saturated rings. The largest absolute Gasteiger partial charge is 0.497 e. The first kappa shape index (κ1) is 31.0. The average Bonchev–Trinajstić information content (AvgIpc) is 2.93. The van der Waals surface area contributed by atoms with E-state index in [1.54, 1.807) is 42.5 Å². The lowest BCUT2D eigenvalue weighted by Crippen LogP contribution is -2.54. The fourth-order valence-corrected chi connectivity index (χ4v) is 5.26. The van der Waals surface area contributed by atoms with Gasteiger partial charge in [0.2, 0.25) is 21.8 Å². The van der Waals surface area contributed by atoms with Crippen LogP contribution in [0.4, 0.5) is 5.69 Å². The monoisotopic (exact) mass is 585 g/mol. The first-order valence-electron chi connectivity index (χ1n) is 13.0. The number of carbonyl (C=O) groups is 2. The number of methoxy groups -OCH3 is 1. The zero-order valence-electron chi connectivity index (χ0n) is 23.2. The second-order valence-corrected chi connectivity index (χ2v) is 12.0. The normalized spacial score (nSPS) is 12.7. The molecule has 2 amide bonds. The number of ether oxygens (including phenoxy) is 1. The van der Waals surface area contributed by atoms with Gasteiger partial charge in [0.25, 0.3) is 0 Å². The molecule has 8 nitrogen and oxygen atoms in total. The maximum atomic E-state index is 14.1. The number of halogens is 1. The Bertz CT molecular complexity index is 1400. The van der Waals surface area contributed by atoms with Crippen molar-refractivity contribution in [2.75, 3.05) is 24.2 Å². The van der Waals surface area contributed by atoms with Gasteiger partial charge in [-0.3, -0.25) is 13.9 Å². The van der Waals surface area contributed by atoms with Gasteiger partial charge in [0.15, 0.2) is 0 Å². The Kier molecular flexibility index (Phi) is 11.0. The lowest BCUT2D eigenvalue weighted by molar-refractivity contribution is -0.140. The Morgan fingerprint density at radius 2 is 1.65 bits per heavy atom. The lowest BCUT2D eigenvalue weighted by Gasteiger charge is -2.34. The molecule has 214 valence electrons. The molecule has 0 aliphatic heterocycles. The van der Waals surface area contributed by atoms with E-state index in [0.29, 0.717) is 22.8 Å². The van der Waals surface area contributed by atoms with Gasteiger partial charge in [-0.15, -0.1) is 0 Å². The molecular formula is C30H36ClN3O5S. The van der Waals surface area contributed by atoms with Crippen LogP contribution in [-0.4, -0.2) is 57.1 Å². The van der Waals surface area contributed by atoms with Crippen LogP contribution in [-0.2, 0) is 32.6 Å². The van der Waals surface area contributed by atoms with E-state index in [4.69, 9.17) is 16.3 Å². The minimum absolute atomic E-state index is 0.0561. The summed E-state index contributed by atoms with van der Waals surface area (Å²) in [4.78, 5) is 29.2. The van der Waals surface area contributed by atoms with Crippen LogP contribution < -0.4 is 14.4 Å². The third-order valence-corrected chi connectivity index (χ3v) is 7.91. The highest BCUT2D eigenvalue weighted by molar-refractivity contribution is 7.92. The van der Waals surface area contributed by atoms with Gasteiger partial charge in [-0.1, -0.05) is 67.1 Å². The molecule has 0 spiro atoms. The van der Waals surface area contributed by atoms with Crippen LogP contribution in [0.15, 0.2) is 78.9 Å². The zero-order chi connectivity index (χ0) is 29.3. The number of hydrogen-bond acceptors (Lipinski definition) is 5. The standard InChI is InChI=1S/C30H36ClN3O5S/c1-5-22(2)32-30(36)28(18-23-11-7-6-8-12-23)33(20-24-13-9-14-25(31)17-24)29(35)21-34(40(4,37)38)26-15-10-16-27(19-26)39-3/h6-17,19,22,28H,5,18,20-21H2,1-4H3,(H,32,36)/t22-,28+/m0/s1. The van der Waals surface area contributed by atoms with Crippen molar-refractivity contribution in [3.05, 3.63) is 95.0 Å². The smallest absolute Gasteiger partial charge is 0.244 e. The van der Waals surface area contributed by atoms with Gasteiger partial charge in [-0.25, -0.2) is 8.42 Å². The summed E-state index contributed by atoms with van der Waals surface area (Å²) < 4.78 is 32.1. The summed E-state index contributed by atoms with van der Waals surface area (Å²) in [6.07, 6.45) is 2.00. The van der Waals surface area contributed by atoms with Crippen molar-refractivity contribution in [3.8, 4) is 5.75 Å². The van der Waals surface area contributed by atoms with E-state index in [2.05, 4.69) is 5.32 Å². The van der Waals surface area contributed by atoms with Gasteiger partial charge in [-0.2, -0.15) is 0 Å². The van der Waals surface area contributed by atoms with E-state index in [1.807, 2.05) is 50.2 Å². The molecule has 0 aliphatic rings. The minimum atomic E-state index is -3.87. The third-order valence-electron chi connectivity index (χ3n) is 6.53. The van der Waals surface area contributed by atoms with Crippen LogP contribution in [0.5, 0.6) is 5.75 Å². The fraction of sp³-hybridized carbons (Fsp3) is 0.333. The molecule has 0 radical (unpaired) electrons. The van der Waals surface area contributed by atoms with Crippen molar-refractivity contribution in [2.45, 2.75) is 45.3 Å². The number of amides is 2. The third kappa shape index (κ3) is 8.72. The van der Waals surface area contributed by atoms with Crippen LogP contribution in [0.1, 0.15) is 31.4 Å². The minimum Gasteiger partial charge on any atom is -0.497 e. The van der Waals surface area contributed by atoms with E-state index in [0.717, 1.165) is 16.1 Å². The SMILES string of the molecule is CC[C@H](C)NC(=O)[C@@H](Cc1ccccc1)N(Cc1cccc(Cl)c1)C(=O)CN(c1cccc(OC)c1)S(C)(=O)=O. The Balaban J connectivity index is 2.06. The number of benzene rings is 3. The van der Waals surface area contributed by atoms with E-state index >= 15 is 0 Å². The van der Waals surface area contributed by atoms with Crippen molar-refractivity contribution in [1.82, 2.24) is 10.2 Å². The Morgan fingerprint density at radius 3 is 2.27 bits per heavy atom. The predicted molar refractivity (Wildman–Crippen MR) is 159 cm³/mol. The van der Waals surface area contributed by atoms with Crippen LogP contribution in [0, 0.1) is 0 Å². The molecule has 40 heavy (non-hydrogen) atoms. The quantitative estimate of drug-likeness (QED) is 0.314. The number of nitrogens with zero attached hydrogens (tertiary/aromatic N) is 2. The molecule has 0 aromatic heterocycles. The Hall–Kier alpha value is -3.56. The summed E-state index contributed by atoms with van der Waals surface area (Å²) in [7, 11) is -2.39. The molecule has 0 unspecified atom stereocenters. The van der Waals surface area contributed by atoms with Crippen molar-refractivity contribution >= 4 is 39.1 Å². The van der Waals surface area contributed by atoms with E-state index in [1.165, 1.54) is 12.0 Å². The topological polar surface area (TPSA) is 96.0 Å². The summed E-state index contributed by atoms with van der Waals surface area (Å²) in [6, 6.07) is 21.9. The Labute approximate surface area is 241 Å². The molecule has 0 aliphatic carbocycles. The first-order chi connectivity index (χ1) is 19.0. The second kappa shape index (κ2) is 14.2. The Morgan fingerprint density at radius 1 is 0.975 bits per heavy atom. The van der Waals surface area contributed by atoms with Crippen molar-refractivity contribution in [1.29, 1.82) is 0 Å². The molecular weight excluding hydrogens is 550 g/mol. The zero-order valence-corrected chi connectivity index (χ0v) is 24.8. The predicted octanol–water partition coefficient (Wildman–Crippen LogP) is 4.67. The summed E-state index contributed by atoms with van der Waals surface area (Å²) in [5, 5.41) is 3.49. The van der Waals surface area contributed by atoms with Crippen molar-refractivity contribution in [3.63, 3.8) is 0 Å². The number of anilines is 1. The average molecular weight is 586 g/mol. The van der Waals surface area contributed by atoms with Gasteiger partial charge >= 0.3 is 0 Å². The maximum Gasteiger partial charge on any atom is 0.244 e. The molecule has 3 rings (SSSR count). The molecule has 0 bridgehead atoms. The number of sulfonamides is 1. The van der Waals surface area contributed by atoms with Gasteiger partial charge in [0.05, 0.1) is 19.1 Å². The molecule has 10 heteroatoms. The van der Waals surface area contributed by atoms with Gasteiger partial charge in [0.1, 0.15) is 18.3 Å². The van der Waals surface area contributed by atoms with Gasteiger partial charge in [-0.05, 0) is 48.7 Å². The summed E-state index contributed by atoms with van der Waals surface area (Å²) in [6.45, 7) is 3.41. The van der Waals surface area contributed by atoms with Gasteiger partial charge < -0.3 is 15.0 Å². The van der Waals surface area contributed by atoms with Crippen LogP contribution >= 0.6 is 11.6 Å². The molecule has 1 N–H and O–H groups in total. The van der Waals surface area contributed by atoms with E-state index < -0.39 is 28.5 Å². The lowest BCUT2D eigenvalue weighted by atomic mass is 10.0. The van der Waals surface area contributed by atoms with Gasteiger partial charge in [0, 0.05) is 30.1 Å². The summed E-state index contributed by atoms with van der Waals surface area (Å²) in [5.74, 6) is -0.404. The van der Waals surface area contributed by atoms with E-state index in [9.17, 15) is 18.0 Å². The number of hydrogen-bond donors (Lipinski definition) is 1. The second-order valence-electron chi connectivity index (χ2n) is 9.65. The molecule has 2 atom stereocenters. The fourth-order valence-electron chi connectivity index (χ4n) is 4.21. The molecule has 3 aromatic rings. The maximum absolute atomic E-state index is 14.1. The van der Waals surface area contributed by atoms with Crippen LogP contribution in [0.2, 0.25) is 5.02 Å². The highest BCUT2D eigenvalue weighted by Gasteiger charge is 2.33. The van der Waals surface area contributed by atoms with Crippen LogP contribution in [0.25, 0.3) is 0 Å². The molecule has 0 saturated carbocycles. The number of nitrogens with one attached hydrogen (secondary N) is 1.